The molecule has 2 aromatic heterocycles. The van der Waals surface area contributed by atoms with E-state index in [9.17, 15) is 13.2 Å². The number of ether oxygens (including phenoxy) is 1. The third-order valence-corrected chi connectivity index (χ3v) is 7.24. The normalized spacial score (nSPS) is 17.6. The van der Waals surface area contributed by atoms with Gasteiger partial charge in [-0.3, -0.25) is 14.2 Å². The van der Waals surface area contributed by atoms with Gasteiger partial charge in [-0.1, -0.05) is 11.6 Å². The van der Waals surface area contributed by atoms with Gasteiger partial charge in [0.1, 0.15) is 5.82 Å². The van der Waals surface area contributed by atoms with E-state index in [1.165, 1.54) is 24.4 Å². The van der Waals surface area contributed by atoms with E-state index < -0.39 is 18.1 Å². The molecule has 2 aliphatic heterocycles. The molecule has 13 heteroatoms. The SMILES string of the molecule is Fc1ccc(N(Cc2ccc(-c3nnc(C(F)F)o3)cn2)SN2CCN(C3COC3)CC2)cc1Cl. The zero-order valence-corrected chi connectivity index (χ0v) is 20.1. The predicted octanol–water partition coefficient (Wildman–Crippen LogP) is 4.45. The lowest BCUT2D eigenvalue weighted by Crippen LogP contribution is -2.55. The lowest BCUT2D eigenvalue weighted by atomic mass is 10.2. The Bertz CT molecular complexity index is 1140. The molecule has 3 aromatic rings. The third kappa shape index (κ3) is 5.72. The Labute approximate surface area is 209 Å². The number of alkyl halides is 2. The molecule has 0 N–H and O–H groups in total. The maximum atomic E-state index is 13.8. The Kier molecular flexibility index (Phi) is 7.44. The summed E-state index contributed by atoms with van der Waals surface area (Å²) >= 11 is 7.60. The number of piperazine rings is 1. The molecule has 1 aromatic carbocycles. The largest absolute Gasteiger partial charge is 0.415 e. The van der Waals surface area contributed by atoms with Gasteiger partial charge in [0.2, 0.25) is 5.89 Å². The van der Waals surface area contributed by atoms with Gasteiger partial charge in [0.05, 0.1) is 47.8 Å². The number of nitrogens with zero attached hydrogens (tertiary/aromatic N) is 6. The zero-order chi connectivity index (χ0) is 24.4. The molecule has 0 spiro atoms. The fourth-order valence-corrected chi connectivity index (χ4v) is 4.94. The van der Waals surface area contributed by atoms with Crippen LogP contribution in [0.1, 0.15) is 18.0 Å². The fraction of sp³-hybridized carbons (Fsp3) is 0.409. The van der Waals surface area contributed by atoms with Crippen LogP contribution < -0.4 is 4.31 Å². The minimum Gasteiger partial charge on any atom is -0.415 e. The maximum absolute atomic E-state index is 13.8. The topological polar surface area (TPSA) is 70.8 Å². The molecule has 0 atom stereocenters. The molecule has 8 nitrogen and oxygen atoms in total. The van der Waals surface area contributed by atoms with Crippen molar-refractivity contribution in [1.29, 1.82) is 0 Å². The molecule has 0 saturated carbocycles. The van der Waals surface area contributed by atoms with Crippen LogP contribution >= 0.6 is 23.7 Å². The molecule has 0 unspecified atom stereocenters. The van der Waals surface area contributed by atoms with Crippen LogP contribution in [0.2, 0.25) is 5.02 Å². The van der Waals surface area contributed by atoms with Gasteiger partial charge in [-0.2, -0.15) is 8.78 Å². The standard InChI is InChI=1S/C22H22ClF3N6O2S/c23-18-9-16(3-4-19(18)24)32(35-31-7-5-30(6-8-31)17-12-33-13-17)11-15-2-1-14(10-27-15)21-28-29-22(34-21)20(25)26/h1-4,9-10,17,20H,5-8,11-13H2. The minimum absolute atomic E-state index is 0.0226. The Morgan fingerprint density at radius 2 is 1.91 bits per heavy atom. The number of halogens is 4. The Hall–Kier alpha value is -2.38. The number of pyridine rings is 1. The molecule has 0 aliphatic carbocycles. The number of benzene rings is 1. The predicted molar refractivity (Wildman–Crippen MR) is 125 cm³/mol. The summed E-state index contributed by atoms with van der Waals surface area (Å²) in [7, 11) is 0. The molecular weight excluding hydrogens is 505 g/mol. The van der Waals surface area contributed by atoms with Gasteiger partial charge in [0.15, 0.2) is 0 Å². The van der Waals surface area contributed by atoms with Crippen molar-refractivity contribution in [2.45, 2.75) is 19.0 Å². The lowest BCUT2D eigenvalue weighted by Gasteiger charge is -2.43. The highest BCUT2D eigenvalue weighted by atomic mass is 35.5. The molecule has 0 amide bonds. The third-order valence-electron chi connectivity index (χ3n) is 5.82. The van der Waals surface area contributed by atoms with E-state index in [-0.39, 0.29) is 10.9 Å². The summed E-state index contributed by atoms with van der Waals surface area (Å²) in [6.07, 6.45) is -1.33. The van der Waals surface area contributed by atoms with Gasteiger partial charge in [-0.05, 0) is 30.3 Å². The number of aromatic nitrogens is 3. The van der Waals surface area contributed by atoms with Crippen LogP contribution in [0.15, 0.2) is 40.9 Å². The second kappa shape index (κ2) is 10.7. The molecule has 0 bridgehead atoms. The van der Waals surface area contributed by atoms with Crippen LogP contribution in [0.25, 0.3) is 11.5 Å². The zero-order valence-electron chi connectivity index (χ0n) is 18.5. The molecule has 2 fully saturated rings. The summed E-state index contributed by atoms with van der Waals surface area (Å²) < 4.78 is 53.8. The van der Waals surface area contributed by atoms with Gasteiger partial charge in [-0.15, -0.1) is 10.2 Å². The first kappa shape index (κ1) is 24.3. The van der Waals surface area contributed by atoms with Crippen molar-refractivity contribution < 1.29 is 22.3 Å². The van der Waals surface area contributed by atoms with Crippen LogP contribution in [0.5, 0.6) is 0 Å². The van der Waals surface area contributed by atoms with Crippen molar-refractivity contribution >= 4 is 29.4 Å². The average molecular weight is 527 g/mol. The highest BCUT2D eigenvalue weighted by Crippen LogP contribution is 2.32. The number of hydrogen-bond acceptors (Lipinski definition) is 9. The number of anilines is 1. The van der Waals surface area contributed by atoms with Crippen LogP contribution in [0.4, 0.5) is 18.9 Å². The van der Waals surface area contributed by atoms with Gasteiger partial charge in [-0.25, -0.2) is 8.70 Å². The van der Waals surface area contributed by atoms with Crippen LogP contribution in [-0.2, 0) is 11.3 Å². The van der Waals surface area contributed by atoms with Gasteiger partial charge >= 0.3 is 6.43 Å². The van der Waals surface area contributed by atoms with Crippen LogP contribution in [-0.4, -0.2) is 69.8 Å². The smallest absolute Gasteiger partial charge is 0.314 e. The minimum atomic E-state index is -2.83. The Balaban J connectivity index is 1.29. The fourth-order valence-electron chi connectivity index (χ4n) is 3.76. The van der Waals surface area contributed by atoms with E-state index in [2.05, 4.69) is 24.4 Å². The quantitative estimate of drug-likeness (QED) is 0.396. The molecule has 186 valence electrons. The molecule has 5 rings (SSSR count). The van der Waals surface area contributed by atoms with E-state index in [1.54, 1.807) is 24.3 Å². The van der Waals surface area contributed by atoms with Crippen LogP contribution in [0, 0.1) is 5.82 Å². The van der Waals surface area contributed by atoms with E-state index in [0.29, 0.717) is 23.8 Å². The summed E-state index contributed by atoms with van der Waals surface area (Å²) in [6, 6.07) is 8.55. The van der Waals surface area contributed by atoms with Crippen molar-refractivity contribution in [3.63, 3.8) is 0 Å². The first-order valence-corrected chi connectivity index (χ1v) is 12.1. The lowest BCUT2D eigenvalue weighted by molar-refractivity contribution is -0.0717. The highest BCUT2D eigenvalue weighted by Gasteiger charge is 2.30. The molecule has 0 radical (unpaired) electrons. The molecule has 2 saturated heterocycles. The van der Waals surface area contributed by atoms with Crippen molar-refractivity contribution in [1.82, 2.24) is 24.4 Å². The van der Waals surface area contributed by atoms with E-state index in [0.717, 1.165) is 45.1 Å². The van der Waals surface area contributed by atoms with E-state index in [1.807, 2.05) is 4.31 Å². The number of hydrogen-bond donors (Lipinski definition) is 0. The molecule has 4 heterocycles. The monoisotopic (exact) mass is 526 g/mol. The van der Waals surface area contributed by atoms with Gasteiger partial charge in [0.25, 0.3) is 5.89 Å². The van der Waals surface area contributed by atoms with Gasteiger partial charge < -0.3 is 9.15 Å². The summed E-state index contributed by atoms with van der Waals surface area (Å²) in [5.74, 6) is -1.24. The highest BCUT2D eigenvalue weighted by molar-refractivity contribution is 7.98. The second-order valence-corrected chi connectivity index (χ2v) is 9.68. The first-order valence-electron chi connectivity index (χ1n) is 11.0. The summed E-state index contributed by atoms with van der Waals surface area (Å²) in [5, 5.41) is 7.03. The second-order valence-electron chi connectivity index (χ2n) is 8.16. The summed E-state index contributed by atoms with van der Waals surface area (Å²) in [5.41, 5.74) is 1.88. The van der Waals surface area contributed by atoms with Crippen molar-refractivity contribution in [2.75, 3.05) is 43.7 Å². The first-order chi connectivity index (χ1) is 17.0. The van der Waals surface area contributed by atoms with E-state index >= 15 is 0 Å². The summed E-state index contributed by atoms with van der Waals surface area (Å²) in [4.78, 5) is 6.88. The molecule has 35 heavy (non-hydrogen) atoms. The molecule has 2 aliphatic rings. The molecular formula is C22H22ClF3N6O2S. The number of rotatable bonds is 8. The Morgan fingerprint density at radius 3 is 2.51 bits per heavy atom. The summed E-state index contributed by atoms with van der Waals surface area (Å²) in [6.45, 7) is 5.60. The van der Waals surface area contributed by atoms with Gasteiger partial charge in [0, 0.05) is 44.5 Å². The van der Waals surface area contributed by atoms with Crippen molar-refractivity contribution in [2.24, 2.45) is 0 Å². The van der Waals surface area contributed by atoms with Crippen molar-refractivity contribution in [3.05, 3.63) is 59.0 Å². The van der Waals surface area contributed by atoms with Crippen molar-refractivity contribution in [3.8, 4) is 11.5 Å². The maximum Gasteiger partial charge on any atom is 0.314 e. The Morgan fingerprint density at radius 1 is 1.11 bits per heavy atom. The average Bonchev–Trinajstić information content (AvgIpc) is 3.32. The van der Waals surface area contributed by atoms with E-state index in [4.69, 9.17) is 20.8 Å². The van der Waals surface area contributed by atoms with Crippen LogP contribution in [0.3, 0.4) is 0 Å².